The Bertz CT molecular complexity index is 1610. The standard InChI is InChI=1S/C30H22N4O/c1-2-27-33-34-30(35-27)24-18-14-21(15-19-24)20-12-16-23(17-13-20)29-28(22-8-4-3-5-9-22)31-25-10-6-7-11-26(25)32-29/h3-19H,2H2,1H3. The van der Waals surface area contributed by atoms with Crippen LogP contribution in [-0.4, -0.2) is 20.2 Å². The second kappa shape index (κ2) is 8.95. The molecule has 0 saturated carbocycles. The van der Waals surface area contributed by atoms with E-state index < -0.39 is 0 Å². The van der Waals surface area contributed by atoms with Crippen LogP contribution in [0.5, 0.6) is 0 Å². The Morgan fingerprint density at radius 3 is 1.54 bits per heavy atom. The number of para-hydroxylation sites is 2. The van der Waals surface area contributed by atoms with Crippen molar-refractivity contribution >= 4 is 11.0 Å². The van der Waals surface area contributed by atoms with Gasteiger partial charge in [-0.1, -0.05) is 85.8 Å². The molecular weight excluding hydrogens is 432 g/mol. The van der Waals surface area contributed by atoms with Gasteiger partial charge in [0.1, 0.15) is 0 Å². The molecular formula is C30H22N4O. The number of fused-ring (bicyclic) bond motifs is 1. The molecule has 2 aromatic heterocycles. The van der Waals surface area contributed by atoms with Gasteiger partial charge in [0.2, 0.25) is 11.8 Å². The molecule has 6 aromatic rings. The second-order valence-corrected chi connectivity index (χ2v) is 8.28. The number of rotatable bonds is 5. The molecule has 0 aliphatic rings. The quantitative estimate of drug-likeness (QED) is 0.275. The third-order valence-electron chi connectivity index (χ3n) is 6.01. The first kappa shape index (κ1) is 20.9. The van der Waals surface area contributed by atoms with E-state index in [1.165, 1.54) is 0 Å². The number of aromatic nitrogens is 4. The Kier molecular flexibility index (Phi) is 5.35. The van der Waals surface area contributed by atoms with Crippen molar-refractivity contribution in [1.82, 2.24) is 20.2 Å². The average Bonchev–Trinajstić information content (AvgIpc) is 3.43. The second-order valence-electron chi connectivity index (χ2n) is 8.28. The highest BCUT2D eigenvalue weighted by Crippen LogP contribution is 2.32. The smallest absolute Gasteiger partial charge is 0.247 e. The molecule has 4 aromatic carbocycles. The van der Waals surface area contributed by atoms with Gasteiger partial charge in [0.15, 0.2) is 0 Å². The number of hydrogen-bond acceptors (Lipinski definition) is 5. The summed E-state index contributed by atoms with van der Waals surface area (Å²) in [5.41, 5.74) is 8.75. The molecule has 35 heavy (non-hydrogen) atoms. The van der Waals surface area contributed by atoms with Gasteiger partial charge < -0.3 is 4.42 Å². The Balaban J connectivity index is 1.36. The maximum absolute atomic E-state index is 5.67. The molecule has 0 spiro atoms. The van der Waals surface area contributed by atoms with Crippen molar-refractivity contribution in [2.45, 2.75) is 13.3 Å². The lowest BCUT2D eigenvalue weighted by Crippen LogP contribution is -1.95. The van der Waals surface area contributed by atoms with Gasteiger partial charge >= 0.3 is 0 Å². The monoisotopic (exact) mass is 454 g/mol. The van der Waals surface area contributed by atoms with Crippen molar-refractivity contribution in [2.24, 2.45) is 0 Å². The van der Waals surface area contributed by atoms with Gasteiger partial charge in [-0.25, -0.2) is 9.97 Å². The van der Waals surface area contributed by atoms with E-state index in [0.717, 1.165) is 56.7 Å². The van der Waals surface area contributed by atoms with Crippen LogP contribution in [0.1, 0.15) is 12.8 Å². The van der Waals surface area contributed by atoms with E-state index in [0.29, 0.717) is 11.8 Å². The summed E-state index contributed by atoms with van der Waals surface area (Å²) in [6.07, 6.45) is 0.727. The molecule has 0 unspecified atom stereocenters. The molecule has 168 valence electrons. The van der Waals surface area contributed by atoms with E-state index in [9.17, 15) is 0 Å². The summed E-state index contributed by atoms with van der Waals surface area (Å²) in [5.74, 6) is 1.19. The molecule has 0 aliphatic heterocycles. The summed E-state index contributed by atoms with van der Waals surface area (Å²) in [6.45, 7) is 2.00. The van der Waals surface area contributed by atoms with Crippen molar-refractivity contribution < 1.29 is 4.42 Å². The molecule has 0 fully saturated rings. The minimum absolute atomic E-state index is 0.548. The van der Waals surface area contributed by atoms with Crippen LogP contribution in [0.25, 0.3) is 56.1 Å². The number of nitrogens with zero attached hydrogens (tertiary/aromatic N) is 4. The fourth-order valence-corrected chi connectivity index (χ4v) is 4.14. The SMILES string of the molecule is CCc1nnc(-c2ccc(-c3ccc(-c4nc5ccccc5nc4-c4ccccc4)cc3)cc2)o1. The van der Waals surface area contributed by atoms with Crippen LogP contribution in [0, 0.1) is 0 Å². The molecule has 0 bridgehead atoms. The lowest BCUT2D eigenvalue weighted by molar-refractivity contribution is 0.513. The third-order valence-corrected chi connectivity index (χ3v) is 6.01. The van der Waals surface area contributed by atoms with E-state index in [4.69, 9.17) is 14.4 Å². The molecule has 0 aliphatic carbocycles. The van der Waals surface area contributed by atoms with Crippen LogP contribution < -0.4 is 0 Å². The Morgan fingerprint density at radius 2 is 1.00 bits per heavy atom. The highest BCUT2D eigenvalue weighted by atomic mass is 16.4. The summed E-state index contributed by atoms with van der Waals surface area (Å²) in [5, 5.41) is 8.18. The van der Waals surface area contributed by atoms with E-state index in [2.05, 4.69) is 58.7 Å². The van der Waals surface area contributed by atoms with Gasteiger partial charge in [-0.3, -0.25) is 0 Å². The maximum atomic E-state index is 5.67. The average molecular weight is 455 g/mol. The summed E-state index contributed by atoms with van der Waals surface area (Å²) < 4.78 is 5.67. The van der Waals surface area contributed by atoms with Crippen LogP contribution in [0.2, 0.25) is 0 Å². The molecule has 5 nitrogen and oxygen atoms in total. The molecule has 6 rings (SSSR count). The van der Waals surface area contributed by atoms with E-state index in [-0.39, 0.29) is 0 Å². The van der Waals surface area contributed by atoms with Crippen molar-refractivity contribution in [3.63, 3.8) is 0 Å². The zero-order chi connectivity index (χ0) is 23.6. The van der Waals surface area contributed by atoms with Gasteiger partial charge in [-0.15, -0.1) is 10.2 Å². The Morgan fingerprint density at radius 1 is 0.514 bits per heavy atom. The van der Waals surface area contributed by atoms with Gasteiger partial charge in [0.05, 0.1) is 22.4 Å². The third kappa shape index (κ3) is 4.08. The predicted molar refractivity (Wildman–Crippen MR) is 139 cm³/mol. The first-order valence-corrected chi connectivity index (χ1v) is 11.6. The molecule has 0 saturated heterocycles. The van der Waals surface area contributed by atoms with E-state index in [1.807, 2.05) is 61.5 Å². The van der Waals surface area contributed by atoms with Gasteiger partial charge in [-0.05, 0) is 35.4 Å². The first-order chi connectivity index (χ1) is 17.3. The maximum Gasteiger partial charge on any atom is 0.247 e. The van der Waals surface area contributed by atoms with Gasteiger partial charge in [0, 0.05) is 23.1 Å². The molecule has 0 radical (unpaired) electrons. The predicted octanol–water partition coefficient (Wildman–Crippen LogP) is 7.24. The fourth-order valence-electron chi connectivity index (χ4n) is 4.14. The fraction of sp³-hybridized carbons (Fsp3) is 0.0667. The van der Waals surface area contributed by atoms with Crippen LogP contribution in [-0.2, 0) is 6.42 Å². The van der Waals surface area contributed by atoms with Crippen molar-refractivity contribution in [3.05, 3.63) is 109 Å². The topological polar surface area (TPSA) is 64.7 Å². The first-order valence-electron chi connectivity index (χ1n) is 11.6. The zero-order valence-electron chi connectivity index (χ0n) is 19.2. The van der Waals surface area contributed by atoms with Crippen molar-refractivity contribution in [2.75, 3.05) is 0 Å². The summed E-state index contributed by atoms with van der Waals surface area (Å²) in [4.78, 5) is 9.96. The van der Waals surface area contributed by atoms with Crippen LogP contribution in [0.4, 0.5) is 0 Å². The number of benzene rings is 4. The molecule has 2 heterocycles. The lowest BCUT2D eigenvalue weighted by Gasteiger charge is -2.11. The van der Waals surface area contributed by atoms with Crippen LogP contribution in [0.15, 0.2) is 108 Å². The molecule has 0 atom stereocenters. The summed E-state index contributed by atoms with van der Waals surface area (Å²) >= 11 is 0. The number of aryl methyl sites for hydroxylation is 1. The Labute approximate surface area is 203 Å². The highest BCUT2D eigenvalue weighted by molar-refractivity contribution is 5.86. The largest absolute Gasteiger partial charge is 0.421 e. The van der Waals surface area contributed by atoms with Gasteiger partial charge in [0.25, 0.3) is 0 Å². The normalized spacial score (nSPS) is 11.1. The highest BCUT2D eigenvalue weighted by Gasteiger charge is 2.13. The van der Waals surface area contributed by atoms with E-state index >= 15 is 0 Å². The lowest BCUT2D eigenvalue weighted by atomic mass is 9.99. The molecule has 0 amide bonds. The minimum atomic E-state index is 0.548. The van der Waals surface area contributed by atoms with Crippen LogP contribution in [0.3, 0.4) is 0 Å². The zero-order valence-corrected chi connectivity index (χ0v) is 19.2. The number of hydrogen-bond donors (Lipinski definition) is 0. The minimum Gasteiger partial charge on any atom is -0.421 e. The van der Waals surface area contributed by atoms with Crippen LogP contribution >= 0.6 is 0 Å². The summed E-state index contributed by atoms with van der Waals surface area (Å²) in [7, 11) is 0. The van der Waals surface area contributed by atoms with Crippen molar-refractivity contribution in [1.29, 1.82) is 0 Å². The molecule has 5 heteroatoms. The van der Waals surface area contributed by atoms with Crippen molar-refractivity contribution in [3.8, 4) is 45.1 Å². The molecule has 0 N–H and O–H groups in total. The summed E-state index contributed by atoms with van der Waals surface area (Å²) in [6, 6.07) is 34.9. The van der Waals surface area contributed by atoms with Gasteiger partial charge in [-0.2, -0.15) is 0 Å². The Hall–Kier alpha value is -4.64. The van der Waals surface area contributed by atoms with E-state index in [1.54, 1.807) is 0 Å².